The highest BCUT2D eigenvalue weighted by molar-refractivity contribution is 5.94. The molecule has 3 aromatic rings. The summed E-state index contributed by atoms with van der Waals surface area (Å²) in [5.74, 6) is -10.0. The normalized spacial score (nSPS) is 13.1. The summed E-state index contributed by atoms with van der Waals surface area (Å²) >= 11 is 0. The van der Waals surface area contributed by atoms with E-state index >= 15 is 0 Å². The molecule has 0 bridgehead atoms. The largest absolute Gasteiger partial charge is 0.364 e. The number of benzene rings is 2. The van der Waals surface area contributed by atoms with Gasteiger partial charge in [-0.2, -0.15) is 8.78 Å². The second kappa shape index (κ2) is 6.68. The average Bonchev–Trinajstić information content (AvgIpc) is 2.95. The van der Waals surface area contributed by atoms with Crippen LogP contribution in [-0.4, -0.2) is 16.8 Å². The van der Waals surface area contributed by atoms with Gasteiger partial charge in [-0.15, -0.1) is 0 Å². The minimum Gasteiger partial charge on any atom is -0.364 e. The van der Waals surface area contributed by atoms with Gasteiger partial charge in [0.1, 0.15) is 17.5 Å². The molecule has 27 heavy (non-hydrogen) atoms. The van der Waals surface area contributed by atoms with E-state index in [1.807, 2.05) is 0 Å². The molecule has 1 amide bonds. The molecule has 0 fully saturated rings. The molecule has 142 valence electrons. The van der Waals surface area contributed by atoms with Crippen molar-refractivity contribution in [3.63, 3.8) is 0 Å². The zero-order chi connectivity index (χ0) is 19.9. The van der Waals surface area contributed by atoms with E-state index in [-0.39, 0.29) is 34.1 Å². The Morgan fingerprint density at radius 1 is 1.11 bits per heavy atom. The van der Waals surface area contributed by atoms with Gasteiger partial charge in [0.25, 0.3) is 5.91 Å². The number of nitrogens with two attached hydrogens (primary N) is 1. The molecule has 0 aliphatic rings. The number of nitrogens with one attached hydrogen (secondary N) is 1. The predicted octanol–water partition coefficient (Wildman–Crippen LogP) is 4.87. The van der Waals surface area contributed by atoms with Gasteiger partial charge in [-0.25, -0.2) is 13.2 Å². The lowest BCUT2D eigenvalue weighted by Crippen LogP contribution is -2.41. The number of fused-ring (bicyclic) bond motifs is 1. The van der Waals surface area contributed by atoms with Gasteiger partial charge < -0.3 is 10.7 Å². The second-order valence-electron chi connectivity index (χ2n) is 6.18. The topological polar surface area (TPSA) is 58.9 Å². The molecule has 1 heterocycles. The molecule has 0 saturated carbocycles. The lowest BCUT2D eigenvalue weighted by Gasteiger charge is -2.24. The highest BCUT2D eigenvalue weighted by Gasteiger charge is 2.47. The van der Waals surface area contributed by atoms with Crippen molar-refractivity contribution in [2.24, 2.45) is 5.73 Å². The number of hydrogen-bond donors (Lipinski definition) is 2. The van der Waals surface area contributed by atoms with E-state index in [1.54, 1.807) is 0 Å². The van der Waals surface area contributed by atoms with E-state index < -0.39 is 35.2 Å². The minimum absolute atomic E-state index is 0.0438. The fraction of sp³-hybridized carbons (Fsp3) is 0.211. The van der Waals surface area contributed by atoms with Crippen LogP contribution >= 0.6 is 0 Å². The molecule has 8 heteroatoms. The van der Waals surface area contributed by atoms with Crippen molar-refractivity contribution in [3.8, 4) is 11.3 Å². The van der Waals surface area contributed by atoms with Crippen LogP contribution in [0.3, 0.4) is 0 Å². The van der Waals surface area contributed by atoms with Gasteiger partial charge in [0.2, 0.25) is 0 Å². The molecular formula is C19H15F5N2O. The number of H-pyrrole nitrogens is 1. The van der Waals surface area contributed by atoms with E-state index in [4.69, 9.17) is 5.73 Å². The Balaban J connectivity index is 2.38. The number of carbonyl (C=O) groups excluding carboxylic acids is 1. The Bertz CT molecular complexity index is 1010. The number of alkyl halides is 2. The fourth-order valence-electron chi connectivity index (χ4n) is 3.26. The van der Waals surface area contributed by atoms with E-state index in [9.17, 15) is 26.7 Å². The van der Waals surface area contributed by atoms with E-state index in [2.05, 4.69) is 4.98 Å². The maximum atomic E-state index is 14.5. The number of rotatable bonds is 5. The van der Waals surface area contributed by atoms with Crippen molar-refractivity contribution < 1.29 is 26.7 Å². The zero-order valence-corrected chi connectivity index (χ0v) is 14.1. The first-order valence-electron chi connectivity index (χ1n) is 8.11. The quantitative estimate of drug-likeness (QED) is 0.608. The lowest BCUT2D eigenvalue weighted by molar-refractivity contribution is -0.145. The molecule has 3 rings (SSSR count). The summed E-state index contributed by atoms with van der Waals surface area (Å²) in [6.07, 6.45) is -0.227. The SMILES string of the molecule is CCC(c1c(-c2ccc(F)cc2)[nH]c2c(F)cc(F)cc12)C(F)(F)C(N)=O. The van der Waals surface area contributed by atoms with Crippen LogP contribution in [0.1, 0.15) is 24.8 Å². The number of amides is 1. The van der Waals surface area contributed by atoms with Crippen LogP contribution in [0, 0.1) is 17.5 Å². The average molecular weight is 382 g/mol. The summed E-state index contributed by atoms with van der Waals surface area (Å²) in [4.78, 5) is 14.0. The van der Waals surface area contributed by atoms with Crippen LogP contribution in [0.4, 0.5) is 22.0 Å². The second-order valence-corrected chi connectivity index (χ2v) is 6.18. The number of aromatic nitrogens is 1. The summed E-state index contributed by atoms with van der Waals surface area (Å²) in [6.45, 7) is 1.41. The Labute approximate surface area is 151 Å². The number of hydrogen-bond acceptors (Lipinski definition) is 1. The van der Waals surface area contributed by atoms with E-state index in [0.717, 1.165) is 18.2 Å². The maximum absolute atomic E-state index is 14.5. The Hall–Kier alpha value is -2.90. The molecule has 3 N–H and O–H groups in total. The minimum atomic E-state index is -3.96. The van der Waals surface area contributed by atoms with Gasteiger partial charge >= 0.3 is 5.92 Å². The smallest absolute Gasteiger partial charge is 0.331 e. The predicted molar refractivity (Wildman–Crippen MR) is 90.8 cm³/mol. The lowest BCUT2D eigenvalue weighted by atomic mass is 9.86. The van der Waals surface area contributed by atoms with Crippen LogP contribution < -0.4 is 5.73 Å². The van der Waals surface area contributed by atoms with Crippen LogP contribution in [0.2, 0.25) is 0 Å². The molecular weight excluding hydrogens is 367 g/mol. The zero-order valence-electron chi connectivity index (χ0n) is 14.1. The molecule has 2 aromatic carbocycles. The molecule has 0 aliphatic carbocycles. The monoisotopic (exact) mass is 382 g/mol. The van der Waals surface area contributed by atoms with Gasteiger partial charge in [0, 0.05) is 11.5 Å². The molecule has 3 nitrogen and oxygen atoms in total. The van der Waals surface area contributed by atoms with Gasteiger partial charge in [0.15, 0.2) is 0 Å². The third-order valence-corrected chi connectivity index (χ3v) is 4.52. The molecule has 1 atom stereocenters. The number of halogens is 5. The van der Waals surface area contributed by atoms with Crippen LogP contribution in [0.15, 0.2) is 36.4 Å². The summed E-state index contributed by atoms with van der Waals surface area (Å²) in [7, 11) is 0. The molecule has 1 aromatic heterocycles. The maximum Gasteiger partial charge on any atom is 0.331 e. The summed E-state index contributed by atoms with van der Waals surface area (Å²) in [5, 5.41) is -0.125. The molecule has 1 unspecified atom stereocenters. The van der Waals surface area contributed by atoms with Crippen molar-refractivity contribution in [3.05, 3.63) is 59.4 Å². The van der Waals surface area contributed by atoms with Gasteiger partial charge in [-0.3, -0.25) is 4.79 Å². The first kappa shape index (κ1) is 18.9. The highest BCUT2D eigenvalue weighted by Crippen LogP contribution is 2.44. The van der Waals surface area contributed by atoms with E-state index in [1.165, 1.54) is 19.1 Å². The fourth-order valence-corrected chi connectivity index (χ4v) is 3.26. The number of aromatic amines is 1. The molecule has 0 radical (unpaired) electrons. The number of primary amides is 1. The standard InChI is InChI=1S/C19H15F5N2O/c1-2-13(19(23,24)18(25)27)15-12-7-11(21)8-14(22)17(12)26-16(15)9-3-5-10(20)6-4-9/h3-8,13,26H,2H2,1H3,(H2,25,27). The van der Waals surface area contributed by atoms with Crippen molar-refractivity contribution >= 4 is 16.8 Å². The first-order valence-corrected chi connectivity index (χ1v) is 8.11. The third kappa shape index (κ3) is 3.15. The van der Waals surface area contributed by atoms with Crippen LogP contribution in [0.25, 0.3) is 22.2 Å². The third-order valence-electron chi connectivity index (χ3n) is 4.52. The van der Waals surface area contributed by atoms with Crippen LogP contribution in [-0.2, 0) is 4.79 Å². The Kier molecular flexibility index (Phi) is 4.67. The number of carbonyl (C=O) groups is 1. The van der Waals surface area contributed by atoms with Crippen molar-refractivity contribution in [2.75, 3.05) is 0 Å². The molecule has 0 spiro atoms. The first-order chi connectivity index (χ1) is 12.7. The van der Waals surface area contributed by atoms with Gasteiger partial charge in [0.05, 0.1) is 17.1 Å². The molecule has 0 aliphatic heterocycles. The van der Waals surface area contributed by atoms with Crippen LogP contribution in [0.5, 0.6) is 0 Å². The Morgan fingerprint density at radius 3 is 2.30 bits per heavy atom. The van der Waals surface area contributed by atoms with Crippen molar-refractivity contribution in [1.82, 2.24) is 4.98 Å². The summed E-state index contributed by atoms with van der Waals surface area (Å²) < 4.78 is 70.3. The highest BCUT2D eigenvalue weighted by atomic mass is 19.3. The summed E-state index contributed by atoms with van der Waals surface area (Å²) in [5.41, 5.74) is 4.85. The van der Waals surface area contributed by atoms with Gasteiger partial charge in [-0.1, -0.05) is 6.92 Å². The summed E-state index contributed by atoms with van der Waals surface area (Å²) in [6, 6.07) is 6.37. The Morgan fingerprint density at radius 2 is 1.74 bits per heavy atom. The van der Waals surface area contributed by atoms with Crippen molar-refractivity contribution in [2.45, 2.75) is 25.2 Å². The van der Waals surface area contributed by atoms with Crippen molar-refractivity contribution in [1.29, 1.82) is 0 Å². The van der Waals surface area contributed by atoms with E-state index in [0.29, 0.717) is 6.07 Å². The van der Waals surface area contributed by atoms with Gasteiger partial charge in [-0.05, 0) is 47.9 Å². The molecule has 0 saturated heterocycles.